The minimum Gasteiger partial charge on any atom is -0.508 e. The molecule has 0 bridgehead atoms. The van der Waals surface area contributed by atoms with Gasteiger partial charge in [-0.1, -0.05) is 34.1 Å². The zero-order chi connectivity index (χ0) is 32.7. The van der Waals surface area contributed by atoms with Crippen molar-refractivity contribution >= 4 is 66.7 Å². The Morgan fingerprint density at radius 3 is 2.47 bits per heavy atom. The third-order valence-electron chi connectivity index (χ3n) is 7.93. The highest BCUT2D eigenvalue weighted by molar-refractivity contribution is 9.10. The Balaban J connectivity index is 1.00. The number of benzene rings is 4. The number of phenols is 1. The van der Waals surface area contributed by atoms with Crippen molar-refractivity contribution in [3.63, 3.8) is 0 Å². The van der Waals surface area contributed by atoms with Crippen molar-refractivity contribution in [1.82, 2.24) is 10.2 Å². The maximum absolute atomic E-state index is 13.3. The molecule has 1 unspecified atom stereocenters. The van der Waals surface area contributed by atoms with Crippen LogP contribution in [0.1, 0.15) is 33.6 Å². The fraction of sp³-hybridized carbons (Fsp3) is 0.143. The van der Waals surface area contributed by atoms with Crippen LogP contribution < -0.4 is 20.1 Å². The van der Waals surface area contributed by atoms with E-state index in [0.29, 0.717) is 29.5 Å². The first-order chi connectivity index (χ1) is 22.8. The Morgan fingerprint density at radius 2 is 1.70 bits per heavy atom. The fourth-order valence-electron chi connectivity index (χ4n) is 5.69. The number of rotatable bonds is 9. The van der Waals surface area contributed by atoms with Gasteiger partial charge in [-0.15, -0.1) is 11.3 Å². The van der Waals surface area contributed by atoms with Gasteiger partial charge in [0.15, 0.2) is 5.75 Å². The average molecular weight is 713 g/mol. The summed E-state index contributed by atoms with van der Waals surface area (Å²) < 4.78 is 14.2. The van der Waals surface area contributed by atoms with Crippen molar-refractivity contribution in [3.8, 4) is 33.4 Å². The summed E-state index contributed by atoms with van der Waals surface area (Å²) in [5.74, 6) is -0.0808. The molecule has 0 aliphatic carbocycles. The summed E-state index contributed by atoms with van der Waals surface area (Å²) in [6, 6.07) is 24.3. The number of amides is 4. The molecule has 2 aliphatic rings. The van der Waals surface area contributed by atoms with Crippen LogP contribution in [0.25, 0.3) is 20.5 Å². The Kier molecular flexibility index (Phi) is 8.12. The summed E-state index contributed by atoms with van der Waals surface area (Å²) in [6.45, 7) is 0.591. The first kappa shape index (κ1) is 30.5. The van der Waals surface area contributed by atoms with E-state index in [9.17, 15) is 24.3 Å². The summed E-state index contributed by atoms with van der Waals surface area (Å²) in [7, 11) is 0. The number of nitrogens with zero attached hydrogens (tertiary/aromatic N) is 1. The zero-order valence-corrected chi connectivity index (χ0v) is 27.0. The Hall–Kier alpha value is -5.20. The number of anilines is 1. The molecular weight excluding hydrogens is 686 g/mol. The lowest BCUT2D eigenvalue weighted by molar-refractivity contribution is -0.136. The van der Waals surface area contributed by atoms with Gasteiger partial charge in [-0.3, -0.25) is 29.4 Å². The lowest BCUT2D eigenvalue weighted by Crippen LogP contribution is -2.54. The lowest BCUT2D eigenvalue weighted by atomic mass is 10.0. The molecule has 10 nitrogen and oxygen atoms in total. The second-order valence-corrected chi connectivity index (χ2v) is 12.9. The van der Waals surface area contributed by atoms with Crippen molar-refractivity contribution in [2.24, 2.45) is 0 Å². The number of ether oxygens (including phenoxy) is 2. The standard InChI is InChI=1S/C35H26BrN3O7S/c36-20-6-4-19(5-7-20)32-31(24-13-8-21(40)18-28(24)47-32)46-23-11-9-22(10-12-23)45-17-16-37-26-3-1-2-25-30(26)35(44)39(34(25)43)27-14-15-29(41)38-33(27)42/h1-13,18,27,37,40H,14-17H2,(H,38,41,42). The van der Waals surface area contributed by atoms with Gasteiger partial charge in [0.1, 0.15) is 29.9 Å². The highest BCUT2D eigenvalue weighted by Gasteiger charge is 2.45. The fourth-order valence-corrected chi connectivity index (χ4v) is 7.13. The van der Waals surface area contributed by atoms with Gasteiger partial charge in [0.2, 0.25) is 11.8 Å². The van der Waals surface area contributed by atoms with Gasteiger partial charge >= 0.3 is 0 Å². The Bertz CT molecular complexity index is 2060. The van der Waals surface area contributed by atoms with E-state index in [4.69, 9.17) is 9.47 Å². The number of halogens is 1. The summed E-state index contributed by atoms with van der Waals surface area (Å²) in [5, 5.41) is 16.3. The topological polar surface area (TPSA) is 134 Å². The van der Waals surface area contributed by atoms with E-state index >= 15 is 0 Å². The molecule has 4 amide bonds. The molecule has 0 saturated carbocycles. The number of piperidine rings is 1. The quantitative estimate of drug-likeness (QED) is 0.113. The largest absolute Gasteiger partial charge is 0.508 e. The molecule has 0 radical (unpaired) electrons. The van der Waals surface area contributed by atoms with E-state index in [-0.39, 0.29) is 36.3 Å². The molecule has 3 heterocycles. The Morgan fingerprint density at radius 1 is 0.936 bits per heavy atom. The number of carbonyl (C=O) groups excluding carboxylic acids is 4. The molecule has 1 saturated heterocycles. The number of imide groups is 2. The molecule has 5 aromatic rings. The van der Waals surface area contributed by atoms with Gasteiger partial charge in [-0.05, 0) is 78.7 Å². The van der Waals surface area contributed by atoms with Crippen LogP contribution in [0.4, 0.5) is 5.69 Å². The van der Waals surface area contributed by atoms with Gasteiger partial charge in [0.25, 0.3) is 11.8 Å². The summed E-state index contributed by atoms with van der Waals surface area (Å²) in [6.07, 6.45) is 0.153. The number of aromatic hydroxyl groups is 1. The minimum atomic E-state index is -1.03. The van der Waals surface area contributed by atoms with E-state index < -0.39 is 29.7 Å². The number of thiophene rings is 1. The maximum atomic E-state index is 13.3. The van der Waals surface area contributed by atoms with Gasteiger partial charge in [0.05, 0.1) is 16.0 Å². The van der Waals surface area contributed by atoms with E-state index in [1.54, 1.807) is 53.8 Å². The molecule has 1 aromatic heterocycles. The number of nitrogens with one attached hydrogen (secondary N) is 2. The molecule has 7 rings (SSSR count). The van der Waals surface area contributed by atoms with E-state index in [1.807, 2.05) is 42.5 Å². The number of hydrogen-bond donors (Lipinski definition) is 3. The van der Waals surface area contributed by atoms with Crippen LogP contribution >= 0.6 is 27.3 Å². The van der Waals surface area contributed by atoms with Crippen LogP contribution in [0.5, 0.6) is 23.0 Å². The van der Waals surface area contributed by atoms with E-state index in [2.05, 4.69) is 26.6 Å². The molecule has 4 aromatic carbocycles. The number of fused-ring (bicyclic) bond motifs is 2. The summed E-state index contributed by atoms with van der Waals surface area (Å²) >= 11 is 5.03. The molecule has 2 aliphatic heterocycles. The average Bonchev–Trinajstić information content (AvgIpc) is 3.54. The number of hydrogen-bond acceptors (Lipinski definition) is 9. The van der Waals surface area contributed by atoms with Crippen LogP contribution in [0, 0.1) is 0 Å². The second kappa shape index (κ2) is 12.5. The second-order valence-electron chi connectivity index (χ2n) is 11.0. The lowest BCUT2D eigenvalue weighted by Gasteiger charge is -2.27. The molecule has 1 atom stereocenters. The van der Waals surface area contributed by atoms with Crippen LogP contribution in [0.3, 0.4) is 0 Å². The molecule has 0 spiro atoms. The predicted molar refractivity (Wildman–Crippen MR) is 180 cm³/mol. The third-order valence-corrected chi connectivity index (χ3v) is 9.64. The normalized spacial score (nSPS) is 15.9. The molecule has 47 heavy (non-hydrogen) atoms. The summed E-state index contributed by atoms with van der Waals surface area (Å²) in [4.78, 5) is 52.2. The van der Waals surface area contributed by atoms with Crippen molar-refractivity contribution in [2.75, 3.05) is 18.5 Å². The predicted octanol–water partition coefficient (Wildman–Crippen LogP) is 6.72. The highest BCUT2D eigenvalue weighted by Crippen LogP contribution is 2.47. The summed E-state index contributed by atoms with van der Waals surface area (Å²) in [5.41, 5.74) is 1.86. The molecule has 236 valence electrons. The first-order valence-corrected chi connectivity index (χ1v) is 16.4. The van der Waals surface area contributed by atoms with Crippen molar-refractivity contribution in [1.29, 1.82) is 0 Å². The molecule has 12 heteroatoms. The van der Waals surface area contributed by atoms with E-state index in [0.717, 1.165) is 29.9 Å². The van der Waals surface area contributed by atoms with E-state index in [1.165, 1.54) is 0 Å². The van der Waals surface area contributed by atoms with Gasteiger partial charge in [-0.2, -0.15) is 0 Å². The number of carbonyl (C=O) groups is 4. The smallest absolute Gasteiger partial charge is 0.264 e. The maximum Gasteiger partial charge on any atom is 0.264 e. The monoisotopic (exact) mass is 711 g/mol. The van der Waals surface area contributed by atoms with Gasteiger partial charge < -0.3 is 19.9 Å². The minimum absolute atomic E-state index is 0.0582. The van der Waals surface area contributed by atoms with Crippen molar-refractivity contribution in [3.05, 3.63) is 101 Å². The van der Waals surface area contributed by atoms with Gasteiger partial charge in [-0.25, -0.2) is 0 Å². The van der Waals surface area contributed by atoms with Crippen LogP contribution in [-0.2, 0) is 9.59 Å². The van der Waals surface area contributed by atoms with Crippen LogP contribution in [0.2, 0.25) is 0 Å². The van der Waals surface area contributed by atoms with Crippen LogP contribution in [-0.4, -0.2) is 52.8 Å². The van der Waals surface area contributed by atoms with Gasteiger partial charge in [0, 0.05) is 33.2 Å². The Labute approximate surface area is 281 Å². The number of phenolic OH excluding ortho intramolecular Hbond substituents is 1. The molecular formula is C35H26BrN3O7S. The first-order valence-electron chi connectivity index (χ1n) is 14.8. The van der Waals surface area contributed by atoms with Crippen molar-refractivity contribution in [2.45, 2.75) is 18.9 Å². The van der Waals surface area contributed by atoms with Crippen molar-refractivity contribution < 1.29 is 33.8 Å². The van der Waals surface area contributed by atoms with Crippen LogP contribution in [0.15, 0.2) is 89.4 Å². The molecule has 3 N–H and O–H groups in total. The molecule has 1 fully saturated rings. The highest BCUT2D eigenvalue weighted by atomic mass is 79.9. The third kappa shape index (κ3) is 5.93. The zero-order valence-electron chi connectivity index (χ0n) is 24.6. The SMILES string of the molecule is O=C1CCC(N2C(=O)c3cccc(NCCOc4ccc(Oc5c(-c6ccc(Br)cc6)sc6cc(O)ccc56)cc4)c3C2=O)C(=O)N1.